The molecule has 0 aromatic heterocycles. The fourth-order valence-corrected chi connectivity index (χ4v) is 1.87. The molecule has 0 fully saturated rings. The highest BCUT2D eigenvalue weighted by molar-refractivity contribution is 5.77. The minimum absolute atomic E-state index is 0.0305. The summed E-state index contributed by atoms with van der Waals surface area (Å²) in [7, 11) is 3.24. The van der Waals surface area contributed by atoms with E-state index in [4.69, 9.17) is 14.2 Å². The fraction of sp³-hybridized carbons (Fsp3) is 0.562. The highest BCUT2D eigenvalue weighted by Crippen LogP contribution is 2.17. The average molecular weight is 295 g/mol. The van der Waals surface area contributed by atoms with Crippen molar-refractivity contribution in [2.24, 2.45) is 5.92 Å². The van der Waals surface area contributed by atoms with Crippen molar-refractivity contribution in [1.82, 2.24) is 4.90 Å². The molecule has 0 spiro atoms. The zero-order valence-corrected chi connectivity index (χ0v) is 13.3. The third-order valence-corrected chi connectivity index (χ3v) is 2.93. The Morgan fingerprint density at radius 2 is 1.76 bits per heavy atom. The predicted molar refractivity (Wildman–Crippen MR) is 81.8 cm³/mol. The van der Waals surface area contributed by atoms with Gasteiger partial charge >= 0.3 is 0 Å². The van der Waals surface area contributed by atoms with Crippen LogP contribution in [0.2, 0.25) is 0 Å². The molecule has 1 aromatic rings. The molecule has 1 rings (SSSR count). The molecule has 0 aliphatic carbocycles. The van der Waals surface area contributed by atoms with Gasteiger partial charge in [-0.2, -0.15) is 0 Å². The Balaban J connectivity index is 2.50. The number of amides is 1. The molecule has 0 bridgehead atoms. The molecule has 0 saturated carbocycles. The van der Waals surface area contributed by atoms with Gasteiger partial charge in [0, 0.05) is 20.2 Å². The Labute approximate surface area is 126 Å². The number of carbonyl (C=O) groups excluding carboxylic acids is 1. The SMILES string of the molecule is COCCN(CC(C)C)C(=O)COc1ccc(OC)cc1. The molecule has 0 aliphatic heterocycles. The quantitative estimate of drug-likeness (QED) is 0.701. The van der Waals surface area contributed by atoms with Crippen LogP contribution in [0.5, 0.6) is 11.5 Å². The lowest BCUT2D eigenvalue weighted by atomic mass is 10.2. The van der Waals surface area contributed by atoms with Crippen molar-refractivity contribution in [3.05, 3.63) is 24.3 Å². The number of rotatable bonds is 9. The topological polar surface area (TPSA) is 48.0 Å². The van der Waals surface area contributed by atoms with Gasteiger partial charge in [-0.3, -0.25) is 4.79 Å². The first kappa shape index (κ1) is 17.3. The summed E-state index contributed by atoms with van der Waals surface area (Å²) in [6.07, 6.45) is 0. The summed E-state index contributed by atoms with van der Waals surface area (Å²) in [4.78, 5) is 14.0. The van der Waals surface area contributed by atoms with Crippen molar-refractivity contribution < 1.29 is 19.0 Å². The van der Waals surface area contributed by atoms with Crippen LogP contribution in [-0.4, -0.2) is 51.3 Å². The maximum atomic E-state index is 12.2. The van der Waals surface area contributed by atoms with Gasteiger partial charge in [-0.05, 0) is 30.2 Å². The second kappa shape index (κ2) is 9.23. The summed E-state index contributed by atoms with van der Waals surface area (Å²) in [6, 6.07) is 7.18. The van der Waals surface area contributed by atoms with Gasteiger partial charge in [-0.25, -0.2) is 0 Å². The van der Waals surface area contributed by atoms with E-state index in [0.29, 0.717) is 31.4 Å². The molecule has 0 heterocycles. The summed E-state index contributed by atoms with van der Waals surface area (Å²) >= 11 is 0. The third-order valence-electron chi connectivity index (χ3n) is 2.93. The van der Waals surface area contributed by atoms with E-state index in [1.165, 1.54) is 0 Å². The number of methoxy groups -OCH3 is 2. The van der Waals surface area contributed by atoms with E-state index in [1.807, 2.05) is 0 Å². The number of hydrogen-bond donors (Lipinski definition) is 0. The maximum Gasteiger partial charge on any atom is 0.260 e. The monoisotopic (exact) mass is 295 g/mol. The molecule has 118 valence electrons. The summed E-state index contributed by atoms with van der Waals surface area (Å²) in [5.74, 6) is 1.79. The normalized spacial score (nSPS) is 10.5. The minimum Gasteiger partial charge on any atom is -0.497 e. The Morgan fingerprint density at radius 1 is 1.14 bits per heavy atom. The number of nitrogens with zero attached hydrogens (tertiary/aromatic N) is 1. The van der Waals surface area contributed by atoms with Crippen molar-refractivity contribution in [3.63, 3.8) is 0 Å². The maximum absolute atomic E-state index is 12.2. The molecular weight excluding hydrogens is 270 g/mol. The minimum atomic E-state index is -0.0310. The second-order valence-electron chi connectivity index (χ2n) is 5.19. The van der Waals surface area contributed by atoms with Crippen molar-refractivity contribution in [2.45, 2.75) is 13.8 Å². The van der Waals surface area contributed by atoms with Crippen LogP contribution in [-0.2, 0) is 9.53 Å². The highest BCUT2D eigenvalue weighted by Gasteiger charge is 2.15. The van der Waals surface area contributed by atoms with Crippen LogP contribution >= 0.6 is 0 Å². The molecule has 0 unspecified atom stereocenters. The molecule has 1 aromatic carbocycles. The largest absolute Gasteiger partial charge is 0.497 e. The van der Waals surface area contributed by atoms with Gasteiger partial charge in [-0.15, -0.1) is 0 Å². The lowest BCUT2D eigenvalue weighted by Gasteiger charge is -2.24. The number of carbonyl (C=O) groups is 1. The zero-order chi connectivity index (χ0) is 15.7. The van der Waals surface area contributed by atoms with E-state index in [9.17, 15) is 4.79 Å². The van der Waals surface area contributed by atoms with Crippen molar-refractivity contribution in [3.8, 4) is 11.5 Å². The Kier molecular flexibility index (Phi) is 7.61. The average Bonchev–Trinajstić information content (AvgIpc) is 2.49. The predicted octanol–water partition coefficient (Wildman–Crippen LogP) is 2.21. The summed E-state index contributed by atoms with van der Waals surface area (Å²) in [6.45, 7) is 6.01. The van der Waals surface area contributed by atoms with Crippen LogP contribution in [0.3, 0.4) is 0 Å². The van der Waals surface area contributed by atoms with Crippen LogP contribution in [0, 0.1) is 5.92 Å². The summed E-state index contributed by atoms with van der Waals surface area (Å²) in [5, 5.41) is 0. The molecule has 0 N–H and O–H groups in total. The lowest BCUT2D eigenvalue weighted by Crippen LogP contribution is -2.39. The molecule has 0 atom stereocenters. The van der Waals surface area contributed by atoms with Crippen LogP contribution in [0.15, 0.2) is 24.3 Å². The Hall–Kier alpha value is -1.75. The Bertz CT molecular complexity index is 417. The molecule has 5 heteroatoms. The van der Waals surface area contributed by atoms with E-state index in [0.717, 1.165) is 5.75 Å². The van der Waals surface area contributed by atoms with Crippen molar-refractivity contribution in [1.29, 1.82) is 0 Å². The van der Waals surface area contributed by atoms with Crippen LogP contribution in [0.1, 0.15) is 13.8 Å². The van der Waals surface area contributed by atoms with E-state index in [2.05, 4.69) is 13.8 Å². The summed E-state index contributed by atoms with van der Waals surface area (Å²) < 4.78 is 15.6. The van der Waals surface area contributed by atoms with Crippen molar-refractivity contribution in [2.75, 3.05) is 40.5 Å². The lowest BCUT2D eigenvalue weighted by molar-refractivity contribution is -0.134. The van der Waals surface area contributed by atoms with Gasteiger partial charge < -0.3 is 19.1 Å². The van der Waals surface area contributed by atoms with Crippen LogP contribution in [0.25, 0.3) is 0 Å². The zero-order valence-electron chi connectivity index (χ0n) is 13.3. The highest BCUT2D eigenvalue weighted by atomic mass is 16.5. The van der Waals surface area contributed by atoms with Gasteiger partial charge in [0.1, 0.15) is 11.5 Å². The number of ether oxygens (including phenoxy) is 3. The molecule has 0 saturated heterocycles. The number of benzene rings is 1. The molecule has 1 amide bonds. The van der Waals surface area contributed by atoms with E-state index >= 15 is 0 Å². The first-order valence-corrected chi connectivity index (χ1v) is 7.10. The van der Waals surface area contributed by atoms with Gasteiger partial charge in [-0.1, -0.05) is 13.8 Å². The molecule has 0 aliphatic rings. The van der Waals surface area contributed by atoms with Crippen LogP contribution in [0.4, 0.5) is 0 Å². The summed E-state index contributed by atoms with van der Waals surface area (Å²) in [5.41, 5.74) is 0. The molecule has 5 nitrogen and oxygen atoms in total. The number of hydrogen-bond acceptors (Lipinski definition) is 4. The van der Waals surface area contributed by atoms with E-state index in [-0.39, 0.29) is 12.5 Å². The van der Waals surface area contributed by atoms with Gasteiger partial charge in [0.25, 0.3) is 5.91 Å². The van der Waals surface area contributed by atoms with E-state index < -0.39 is 0 Å². The van der Waals surface area contributed by atoms with E-state index in [1.54, 1.807) is 43.4 Å². The van der Waals surface area contributed by atoms with Crippen molar-refractivity contribution >= 4 is 5.91 Å². The second-order valence-corrected chi connectivity index (χ2v) is 5.19. The first-order chi connectivity index (χ1) is 10.1. The van der Waals surface area contributed by atoms with Gasteiger partial charge in [0.05, 0.1) is 13.7 Å². The molecule has 0 radical (unpaired) electrons. The molecular formula is C16H25NO4. The third kappa shape index (κ3) is 6.49. The van der Waals surface area contributed by atoms with Gasteiger partial charge in [0.15, 0.2) is 6.61 Å². The fourth-order valence-electron chi connectivity index (χ4n) is 1.87. The standard InChI is InChI=1S/C16H25NO4/c1-13(2)11-17(9-10-19-3)16(18)12-21-15-7-5-14(20-4)6-8-15/h5-8,13H,9-12H2,1-4H3. The first-order valence-electron chi connectivity index (χ1n) is 7.10. The molecule has 21 heavy (non-hydrogen) atoms. The smallest absolute Gasteiger partial charge is 0.260 e. The van der Waals surface area contributed by atoms with Gasteiger partial charge in [0.2, 0.25) is 0 Å². The van der Waals surface area contributed by atoms with Crippen LogP contribution < -0.4 is 9.47 Å². The Morgan fingerprint density at radius 3 is 2.29 bits per heavy atom.